The van der Waals surface area contributed by atoms with Gasteiger partial charge in [-0.3, -0.25) is 4.79 Å². The molecule has 0 aromatic heterocycles. The molecule has 2 aliphatic rings. The highest BCUT2D eigenvalue weighted by Gasteiger charge is 2.49. The van der Waals surface area contributed by atoms with Crippen LogP contribution in [-0.2, 0) is 4.79 Å². The first-order valence-corrected chi connectivity index (χ1v) is 5.23. The summed E-state index contributed by atoms with van der Waals surface area (Å²) in [5, 5.41) is 0. The largest absolute Gasteiger partial charge is 0.298 e. The summed E-state index contributed by atoms with van der Waals surface area (Å²) < 4.78 is 0. The number of aldehydes is 1. The number of hydrogen-bond acceptors (Lipinski definition) is 1. The van der Waals surface area contributed by atoms with Crippen LogP contribution in [0.2, 0.25) is 0 Å². The van der Waals surface area contributed by atoms with E-state index in [1.165, 1.54) is 24.8 Å². The fourth-order valence-electron chi connectivity index (χ4n) is 3.54. The molecule has 0 spiro atoms. The van der Waals surface area contributed by atoms with Crippen LogP contribution < -0.4 is 0 Å². The maximum atomic E-state index is 10.8. The molecule has 2 saturated carbocycles. The number of carbonyl (C=O) groups excluding carboxylic acids is 1. The van der Waals surface area contributed by atoms with Gasteiger partial charge < -0.3 is 0 Å². The van der Waals surface area contributed by atoms with Crippen molar-refractivity contribution in [2.75, 3.05) is 0 Å². The van der Waals surface area contributed by atoms with Gasteiger partial charge in [-0.2, -0.15) is 0 Å². The van der Waals surface area contributed by atoms with Gasteiger partial charge in [0.1, 0.15) is 6.29 Å². The lowest BCUT2D eigenvalue weighted by Gasteiger charge is -2.33. The highest BCUT2D eigenvalue weighted by molar-refractivity contribution is 5.74. The first-order chi connectivity index (χ1) is 6.07. The maximum absolute atomic E-state index is 10.8. The normalized spacial score (nSPS) is 39.3. The second-order valence-electron chi connectivity index (χ2n) is 5.14. The molecule has 1 nitrogen and oxygen atoms in total. The van der Waals surface area contributed by atoms with Crippen LogP contribution in [0.3, 0.4) is 0 Å². The SMILES string of the molecule is C/C(C=O)=C1\C2CCC(C2)C1(C)C. The molecule has 0 aromatic rings. The Balaban J connectivity index is 2.44. The number of rotatable bonds is 1. The second kappa shape index (κ2) is 2.70. The molecule has 0 heterocycles. The Hall–Kier alpha value is -0.590. The van der Waals surface area contributed by atoms with Gasteiger partial charge in [0.05, 0.1) is 0 Å². The Labute approximate surface area is 80.2 Å². The summed E-state index contributed by atoms with van der Waals surface area (Å²) in [6.45, 7) is 6.59. The molecule has 13 heavy (non-hydrogen) atoms. The molecule has 2 bridgehead atoms. The molecule has 0 saturated heterocycles. The van der Waals surface area contributed by atoms with Gasteiger partial charge >= 0.3 is 0 Å². The Kier molecular flexibility index (Phi) is 1.86. The third kappa shape index (κ3) is 1.09. The molecule has 72 valence electrons. The molecule has 2 aliphatic carbocycles. The zero-order chi connectivity index (χ0) is 9.64. The molecule has 0 aliphatic heterocycles. The van der Waals surface area contributed by atoms with E-state index in [-0.39, 0.29) is 0 Å². The number of allylic oxidation sites excluding steroid dienone is 2. The van der Waals surface area contributed by atoms with Gasteiger partial charge in [-0.05, 0) is 49.0 Å². The van der Waals surface area contributed by atoms with E-state index in [1.54, 1.807) is 0 Å². The summed E-state index contributed by atoms with van der Waals surface area (Å²) in [7, 11) is 0. The van der Waals surface area contributed by atoms with E-state index in [1.807, 2.05) is 6.92 Å². The zero-order valence-corrected chi connectivity index (χ0v) is 8.76. The molecule has 2 rings (SSSR count). The Morgan fingerprint density at radius 2 is 2.15 bits per heavy atom. The van der Waals surface area contributed by atoms with Crippen molar-refractivity contribution >= 4 is 6.29 Å². The lowest BCUT2D eigenvalue weighted by Crippen LogP contribution is -2.24. The number of hydrogen-bond donors (Lipinski definition) is 0. The minimum Gasteiger partial charge on any atom is -0.298 e. The van der Waals surface area contributed by atoms with Crippen molar-refractivity contribution in [3.63, 3.8) is 0 Å². The summed E-state index contributed by atoms with van der Waals surface area (Å²) >= 11 is 0. The molecule has 1 heteroatoms. The molecular formula is C12H18O. The molecule has 2 unspecified atom stereocenters. The highest BCUT2D eigenvalue weighted by Crippen LogP contribution is 2.59. The lowest BCUT2D eigenvalue weighted by atomic mass is 9.71. The van der Waals surface area contributed by atoms with E-state index in [9.17, 15) is 4.79 Å². The topological polar surface area (TPSA) is 17.1 Å². The van der Waals surface area contributed by atoms with Gasteiger partial charge in [0.2, 0.25) is 0 Å². The van der Waals surface area contributed by atoms with E-state index in [0.717, 1.165) is 23.7 Å². The van der Waals surface area contributed by atoms with E-state index in [4.69, 9.17) is 0 Å². The number of fused-ring (bicyclic) bond motifs is 2. The summed E-state index contributed by atoms with van der Waals surface area (Å²) in [6.07, 6.45) is 5.05. The first kappa shape index (κ1) is 8.98. The van der Waals surface area contributed by atoms with Gasteiger partial charge in [0.15, 0.2) is 0 Å². The van der Waals surface area contributed by atoms with E-state index < -0.39 is 0 Å². The Bertz CT molecular complexity index is 273. The summed E-state index contributed by atoms with van der Waals surface area (Å²) in [5.74, 6) is 1.56. The van der Waals surface area contributed by atoms with Crippen LogP contribution >= 0.6 is 0 Å². The van der Waals surface area contributed by atoms with Crippen molar-refractivity contribution in [2.24, 2.45) is 17.3 Å². The maximum Gasteiger partial charge on any atom is 0.145 e. The predicted octanol–water partition coefficient (Wildman–Crippen LogP) is 2.96. The van der Waals surface area contributed by atoms with Crippen LogP contribution in [0.25, 0.3) is 0 Å². The molecule has 0 radical (unpaired) electrons. The van der Waals surface area contributed by atoms with Gasteiger partial charge in [-0.25, -0.2) is 0 Å². The molecular weight excluding hydrogens is 160 g/mol. The zero-order valence-electron chi connectivity index (χ0n) is 8.76. The average Bonchev–Trinajstić information content (AvgIpc) is 2.60. The summed E-state index contributed by atoms with van der Waals surface area (Å²) in [5.41, 5.74) is 2.75. The van der Waals surface area contributed by atoms with Gasteiger partial charge in [0, 0.05) is 0 Å². The van der Waals surface area contributed by atoms with Crippen LogP contribution in [0.4, 0.5) is 0 Å². The van der Waals surface area contributed by atoms with Gasteiger partial charge in [-0.15, -0.1) is 0 Å². The monoisotopic (exact) mass is 178 g/mol. The molecule has 0 amide bonds. The van der Waals surface area contributed by atoms with Gasteiger partial charge in [-0.1, -0.05) is 19.4 Å². The predicted molar refractivity (Wildman–Crippen MR) is 53.4 cm³/mol. The Morgan fingerprint density at radius 1 is 1.46 bits per heavy atom. The highest BCUT2D eigenvalue weighted by atomic mass is 16.1. The number of carbonyl (C=O) groups is 1. The first-order valence-electron chi connectivity index (χ1n) is 5.23. The van der Waals surface area contributed by atoms with Crippen molar-refractivity contribution in [3.05, 3.63) is 11.1 Å². The standard InChI is InChI=1S/C12H18O/c1-8(7-13)11-9-4-5-10(6-9)12(11,2)3/h7,9-10H,4-6H2,1-3H3/b11-8-. The van der Waals surface area contributed by atoms with E-state index >= 15 is 0 Å². The van der Waals surface area contributed by atoms with Crippen molar-refractivity contribution in [1.29, 1.82) is 0 Å². The van der Waals surface area contributed by atoms with E-state index in [0.29, 0.717) is 5.41 Å². The summed E-state index contributed by atoms with van der Waals surface area (Å²) in [6, 6.07) is 0. The van der Waals surface area contributed by atoms with Crippen molar-refractivity contribution in [1.82, 2.24) is 0 Å². The third-order valence-electron chi connectivity index (χ3n) is 4.16. The fraction of sp³-hybridized carbons (Fsp3) is 0.750. The quantitative estimate of drug-likeness (QED) is 0.445. The van der Waals surface area contributed by atoms with Crippen molar-refractivity contribution in [2.45, 2.75) is 40.0 Å². The van der Waals surface area contributed by atoms with Gasteiger partial charge in [0.25, 0.3) is 0 Å². The minimum absolute atomic E-state index is 0.300. The van der Waals surface area contributed by atoms with Crippen LogP contribution in [0.15, 0.2) is 11.1 Å². The molecule has 0 N–H and O–H groups in total. The lowest BCUT2D eigenvalue weighted by molar-refractivity contribution is -0.105. The Morgan fingerprint density at radius 3 is 2.62 bits per heavy atom. The third-order valence-corrected chi connectivity index (χ3v) is 4.16. The van der Waals surface area contributed by atoms with Crippen LogP contribution in [0, 0.1) is 17.3 Å². The molecule has 2 fully saturated rings. The smallest absolute Gasteiger partial charge is 0.145 e. The van der Waals surface area contributed by atoms with Crippen LogP contribution in [0.1, 0.15) is 40.0 Å². The van der Waals surface area contributed by atoms with Crippen LogP contribution in [0.5, 0.6) is 0 Å². The van der Waals surface area contributed by atoms with E-state index in [2.05, 4.69) is 13.8 Å². The second-order valence-corrected chi connectivity index (χ2v) is 5.14. The average molecular weight is 178 g/mol. The molecule has 2 atom stereocenters. The van der Waals surface area contributed by atoms with Crippen LogP contribution in [-0.4, -0.2) is 6.29 Å². The summed E-state index contributed by atoms with van der Waals surface area (Å²) in [4.78, 5) is 10.8. The van der Waals surface area contributed by atoms with Crippen molar-refractivity contribution < 1.29 is 4.79 Å². The minimum atomic E-state index is 0.300. The van der Waals surface area contributed by atoms with Crippen molar-refractivity contribution in [3.8, 4) is 0 Å². The molecule has 0 aromatic carbocycles. The fourth-order valence-corrected chi connectivity index (χ4v) is 3.54.